The molecule has 1 amide bonds. The van der Waals surface area contributed by atoms with Gasteiger partial charge in [0.05, 0.1) is 0 Å². The molecule has 1 heterocycles. The van der Waals surface area contributed by atoms with Crippen LogP contribution < -0.4 is 5.32 Å². The first-order valence-corrected chi connectivity index (χ1v) is 7.55. The lowest BCUT2D eigenvalue weighted by Gasteiger charge is -2.11. The molecule has 106 valence electrons. The third kappa shape index (κ3) is 3.61. The summed E-state index contributed by atoms with van der Waals surface area (Å²) in [5.41, 5.74) is 1.68. The van der Waals surface area contributed by atoms with Crippen LogP contribution in [0, 0.1) is 0 Å². The summed E-state index contributed by atoms with van der Waals surface area (Å²) < 4.78 is 0. The Morgan fingerprint density at radius 2 is 1.95 bits per heavy atom. The van der Waals surface area contributed by atoms with Crippen molar-refractivity contribution in [2.75, 3.05) is 19.4 Å². The third-order valence-electron chi connectivity index (χ3n) is 3.05. The SMILES string of the molecule is CCc1ccc(CNc2cccc(C(=O)N(C)C)c2)s1. The first-order valence-electron chi connectivity index (χ1n) is 6.73. The normalized spacial score (nSPS) is 10.3. The molecule has 1 aromatic heterocycles. The summed E-state index contributed by atoms with van der Waals surface area (Å²) in [6.45, 7) is 2.96. The molecule has 0 aliphatic carbocycles. The molecule has 2 rings (SSSR count). The van der Waals surface area contributed by atoms with Crippen molar-refractivity contribution in [2.45, 2.75) is 19.9 Å². The summed E-state index contributed by atoms with van der Waals surface area (Å²) in [4.78, 5) is 16.2. The number of rotatable bonds is 5. The number of thiophene rings is 1. The van der Waals surface area contributed by atoms with Gasteiger partial charge in [-0.25, -0.2) is 0 Å². The van der Waals surface area contributed by atoms with Crippen LogP contribution in [0.25, 0.3) is 0 Å². The Bertz CT molecular complexity index is 590. The topological polar surface area (TPSA) is 32.3 Å². The minimum Gasteiger partial charge on any atom is -0.380 e. The summed E-state index contributed by atoms with van der Waals surface area (Å²) in [5.74, 6) is 0.0260. The van der Waals surface area contributed by atoms with Crippen molar-refractivity contribution >= 4 is 22.9 Å². The van der Waals surface area contributed by atoms with Gasteiger partial charge in [0.15, 0.2) is 0 Å². The molecular formula is C16H20N2OS. The molecule has 0 unspecified atom stereocenters. The fraction of sp³-hybridized carbons (Fsp3) is 0.312. The van der Waals surface area contributed by atoms with Crippen LogP contribution in [0.1, 0.15) is 27.0 Å². The van der Waals surface area contributed by atoms with Gasteiger partial charge in [0, 0.05) is 41.6 Å². The Morgan fingerprint density at radius 3 is 2.60 bits per heavy atom. The van der Waals surface area contributed by atoms with Crippen molar-refractivity contribution in [3.05, 3.63) is 51.7 Å². The van der Waals surface area contributed by atoms with E-state index in [4.69, 9.17) is 0 Å². The molecule has 0 spiro atoms. The monoisotopic (exact) mass is 288 g/mol. The molecule has 0 atom stereocenters. The second-order valence-electron chi connectivity index (χ2n) is 4.86. The van der Waals surface area contributed by atoms with Crippen LogP contribution >= 0.6 is 11.3 Å². The molecule has 0 aliphatic rings. The van der Waals surface area contributed by atoms with E-state index in [1.54, 1.807) is 19.0 Å². The first kappa shape index (κ1) is 14.6. The van der Waals surface area contributed by atoms with E-state index in [9.17, 15) is 4.79 Å². The average Bonchev–Trinajstić information content (AvgIpc) is 2.92. The maximum Gasteiger partial charge on any atom is 0.253 e. The molecule has 2 aromatic rings. The Morgan fingerprint density at radius 1 is 1.20 bits per heavy atom. The smallest absolute Gasteiger partial charge is 0.253 e. The van der Waals surface area contributed by atoms with Gasteiger partial charge in [0.1, 0.15) is 0 Å². The highest BCUT2D eigenvalue weighted by Crippen LogP contribution is 2.19. The number of hydrogen-bond donors (Lipinski definition) is 1. The molecule has 0 bridgehead atoms. The van der Waals surface area contributed by atoms with Crippen molar-refractivity contribution in [1.82, 2.24) is 4.90 Å². The van der Waals surface area contributed by atoms with E-state index in [2.05, 4.69) is 24.4 Å². The molecule has 0 fully saturated rings. The number of carbonyl (C=O) groups is 1. The molecule has 3 nitrogen and oxygen atoms in total. The van der Waals surface area contributed by atoms with Crippen LogP contribution in [0.5, 0.6) is 0 Å². The maximum atomic E-state index is 11.9. The minimum absolute atomic E-state index is 0.0260. The molecule has 20 heavy (non-hydrogen) atoms. The zero-order chi connectivity index (χ0) is 14.5. The van der Waals surface area contributed by atoms with Crippen LogP contribution in [-0.4, -0.2) is 24.9 Å². The number of aryl methyl sites for hydroxylation is 1. The fourth-order valence-electron chi connectivity index (χ4n) is 1.92. The summed E-state index contributed by atoms with van der Waals surface area (Å²) in [6, 6.07) is 12.0. The first-order chi connectivity index (χ1) is 9.60. The van der Waals surface area contributed by atoms with Gasteiger partial charge in [0.2, 0.25) is 0 Å². The van der Waals surface area contributed by atoms with Crippen LogP contribution in [0.4, 0.5) is 5.69 Å². The van der Waals surface area contributed by atoms with Gasteiger partial charge in [0.25, 0.3) is 5.91 Å². The van der Waals surface area contributed by atoms with Gasteiger partial charge in [-0.3, -0.25) is 4.79 Å². The van der Waals surface area contributed by atoms with E-state index < -0.39 is 0 Å². The quantitative estimate of drug-likeness (QED) is 0.911. The van der Waals surface area contributed by atoms with E-state index in [0.29, 0.717) is 5.56 Å². The number of nitrogens with one attached hydrogen (secondary N) is 1. The average molecular weight is 288 g/mol. The molecule has 1 aromatic carbocycles. The van der Waals surface area contributed by atoms with Crippen LogP contribution in [-0.2, 0) is 13.0 Å². The number of nitrogens with zero attached hydrogens (tertiary/aromatic N) is 1. The molecule has 0 aliphatic heterocycles. The van der Waals surface area contributed by atoms with Gasteiger partial charge in [-0.1, -0.05) is 13.0 Å². The molecule has 4 heteroatoms. The van der Waals surface area contributed by atoms with Crippen molar-refractivity contribution in [2.24, 2.45) is 0 Å². The Hall–Kier alpha value is -1.81. The molecule has 0 saturated carbocycles. The van der Waals surface area contributed by atoms with E-state index in [1.807, 2.05) is 35.6 Å². The maximum absolute atomic E-state index is 11.9. The van der Waals surface area contributed by atoms with Crippen molar-refractivity contribution in [1.29, 1.82) is 0 Å². The van der Waals surface area contributed by atoms with Gasteiger partial charge < -0.3 is 10.2 Å². The predicted octanol–water partition coefficient (Wildman–Crippen LogP) is 3.62. The fourth-order valence-corrected chi connectivity index (χ4v) is 2.81. The standard InChI is InChI=1S/C16H20N2OS/c1-4-14-8-9-15(20-14)11-17-13-7-5-6-12(10-13)16(19)18(2)3/h5-10,17H,4,11H2,1-3H3. The van der Waals surface area contributed by atoms with Gasteiger partial charge in [-0.05, 0) is 36.8 Å². The lowest BCUT2D eigenvalue weighted by molar-refractivity contribution is 0.0827. The number of anilines is 1. The van der Waals surface area contributed by atoms with E-state index in [0.717, 1.165) is 18.7 Å². The predicted molar refractivity (Wildman–Crippen MR) is 85.5 cm³/mol. The van der Waals surface area contributed by atoms with Crippen molar-refractivity contribution < 1.29 is 4.79 Å². The third-order valence-corrected chi connectivity index (χ3v) is 4.28. The Balaban J connectivity index is 2.02. The lowest BCUT2D eigenvalue weighted by atomic mass is 10.2. The van der Waals surface area contributed by atoms with Crippen LogP contribution in [0.15, 0.2) is 36.4 Å². The van der Waals surface area contributed by atoms with Gasteiger partial charge in [-0.2, -0.15) is 0 Å². The van der Waals surface area contributed by atoms with Crippen LogP contribution in [0.3, 0.4) is 0 Å². The zero-order valence-electron chi connectivity index (χ0n) is 12.1. The highest BCUT2D eigenvalue weighted by molar-refractivity contribution is 7.12. The lowest BCUT2D eigenvalue weighted by Crippen LogP contribution is -2.21. The highest BCUT2D eigenvalue weighted by Gasteiger charge is 2.08. The summed E-state index contributed by atoms with van der Waals surface area (Å²) in [6.07, 6.45) is 1.08. The molecular weight excluding hydrogens is 268 g/mol. The summed E-state index contributed by atoms with van der Waals surface area (Å²) in [7, 11) is 3.53. The Labute approximate surface area is 124 Å². The molecule has 0 radical (unpaired) electrons. The summed E-state index contributed by atoms with van der Waals surface area (Å²) >= 11 is 1.83. The highest BCUT2D eigenvalue weighted by atomic mass is 32.1. The number of carbonyl (C=O) groups excluding carboxylic acids is 1. The van der Waals surface area contributed by atoms with Gasteiger partial charge in [-0.15, -0.1) is 11.3 Å². The molecule has 0 saturated heterocycles. The van der Waals surface area contributed by atoms with Gasteiger partial charge >= 0.3 is 0 Å². The zero-order valence-corrected chi connectivity index (χ0v) is 13.0. The van der Waals surface area contributed by atoms with Crippen molar-refractivity contribution in [3.63, 3.8) is 0 Å². The second kappa shape index (κ2) is 6.57. The number of benzene rings is 1. The van der Waals surface area contributed by atoms with E-state index in [-0.39, 0.29) is 5.91 Å². The van der Waals surface area contributed by atoms with E-state index in [1.165, 1.54) is 9.75 Å². The number of amides is 1. The minimum atomic E-state index is 0.0260. The van der Waals surface area contributed by atoms with Crippen LogP contribution in [0.2, 0.25) is 0 Å². The molecule has 1 N–H and O–H groups in total. The second-order valence-corrected chi connectivity index (χ2v) is 6.11. The Kier molecular flexibility index (Phi) is 4.79. The van der Waals surface area contributed by atoms with E-state index >= 15 is 0 Å². The number of hydrogen-bond acceptors (Lipinski definition) is 3. The largest absolute Gasteiger partial charge is 0.380 e. The summed E-state index contributed by atoms with van der Waals surface area (Å²) in [5, 5.41) is 3.37. The van der Waals surface area contributed by atoms with Crippen molar-refractivity contribution in [3.8, 4) is 0 Å².